The van der Waals surface area contributed by atoms with Gasteiger partial charge in [0.15, 0.2) is 5.60 Å². The number of hydrogen-bond donors (Lipinski definition) is 1. The van der Waals surface area contributed by atoms with Crippen LogP contribution in [0.3, 0.4) is 0 Å². The van der Waals surface area contributed by atoms with Gasteiger partial charge in [-0.05, 0) is 36.5 Å². The van der Waals surface area contributed by atoms with E-state index in [-0.39, 0.29) is 12.1 Å². The molecule has 1 spiro atoms. The lowest BCUT2D eigenvalue weighted by atomic mass is 9.84. The van der Waals surface area contributed by atoms with Crippen LogP contribution in [0.5, 0.6) is 0 Å². The first kappa shape index (κ1) is 17.2. The van der Waals surface area contributed by atoms with Gasteiger partial charge in [0.05, 0.1) is 13.1 Å². The summed E-state index contributed by atoms with van der Waals surface area (Å²) in [5.74, 6) is 0.668. The van der Waals surface area contributed by atoms with Crippen LogP contribution in [0.15, 0.2) is 24.3 Å². The Labute approximate surface area is 154 Å². The van der Waals surface area contributed by atoms with Crippen molar-refractivity contribution in [2.45, 2.75) is 50.0 Å². The summed E-state index contributed by atoms with van der Waals surface area (Å²) in [6.45, 7) is 1.61. The minimum atomic E-state index is -0.534. The smallest absolute Gasteiger partial charge is 0.410 e. The van der Waals surface area contributed by atoms with E-state index in [2.05, 4.69) is 17.4 Å². The van der Waals surface area contributed by atoms with E-state index in [1.54, 1.807) is 16.8 Å². The topological polar surface area (TPSA) is 61.9 Å². The van der Waals surface area contributed by atoms with Crippen LogP contribution in [0, 0.1) is 0 Å². The van der Waals surface area contributed by atoms with Crippen molar-refractivity contribution in [2.24, 2.45) is 0 Å². The third-order valence-corrected chi connectivity index (χ3v) is 5.98. The number of carbonyl (C=O) groups is 2. The second kappa shape index (κ2) is 6.82. The summed E-state index contributed by atoms with van der Waals surface area (Å²) in [5.41, 5.74) is 1.66. The molecule has 1 aromatic rings. The largest absolute Gasteiger partial charge is 0.439 e. The first-order valence-corrected chi connectivity index (χ1v) is 9.65. The van der Waals surface area contributed by atoms with Crippen molar-refractivity contribution >= 4 is 17.8 Å². The molecule has 1 saturated carbocycles. The van der Waals surface area contributed by atoms with Gasteiger partial charge in [0.25, 0.3) is 0 Å². The predicted molar refractivity (Wildman–Crippen MR) is 99.3 cm³/mol. The van der Waals surface area contributed by atoms with Gasteiger partial charge in [-0.1, -0.05) is 31.4 Å². The van der Waals surface area contributed by atoms with E-state index in [1.807, 2.05) is 12.1 Å². The highest BCUT2D eigenvalue weighted by atomic mass is 16.6. The summed E-state index contributed by atoms with van der Waals surface area (Å²) in [6.07, 6.45) is 6.93. The molecule has 2 saturated heterocycles. The Bertz CT molecular complexity index is 684. The number of carbonyl (C=O) groups excluding carboxylic acids is 2. The molecular weight excluding hydrogens is 330 g/mol. The fourth-order valence-corrected chi connectivity index (χ4v) is 4.50. The molecule has 0 radical (unpaired) electrons. The summed E-state index contributed by atoms with van der Waals surface area (Å²) >= 11 is 0. The number of anilines is 1. The van der Waals surface area contributed by atoms with Gasteiger partial charge >= 0.3 is 12.1 Å². The molecule has 3 amide bonds. The fourth-order valence-electron chi connectivity index (χ4n) is 4.50. The van der Waals surface area contributed by atoms with Crippen molar-refractivity contribution < 1.29 is 14.3 Å². The van der Waals surface area contributed by atoms with Gasteiger partial charge in [0.1, 0.15) is 0 Å². The molecule has 1 atom stereocenters. The minimum Gasteiger partial charge on any atom is -0.439 e. The molecule has 26 heavy (non-hydrogen) atoms. The Balaban J connectivity index is 1.34. The lowest BCUT2D eigenvalue weighted by Crippen LogP contribution is -2.40. The lowest BCUT2D eigenvalue weighted by molar-refractivity contribution is 0.0663. The average Bonchev–Trinajstić information content (AvgIpc) is 3.19. The van der Waals surface area contributed by atoms with Crippen LogP contribution in [0.2, 0.25) is 0 Å². The minimum absolute atomic E-state index is 0.127. The Morgan fingerprint density at radius 2 is 1.88 bits per heavy atom. The van der Waals surface area contributed by atoms with Gasteiger partial charge in [0, 0.05) is 25.7 Å². The van der Waals surface area contributed by atoms with Crippen LogP contribution in [-0.4, -0.2) is 54.2 Å². The summed E-state index contributed by atoms with van der Waals surface area (Å²) in [6, 6.07) is 8.15. The molecule has 1 aromatic carbocycles. The fraction of sp³-hybridized carbons (Fsp3) is 0.600. The first-order valence-electron chi connectivity index (χ1n) is 9.65. The van der Waals surface area contributed by atoms with Crippen molar-refractivity contribution in [3.05, 3.63) is 29.8 Å². The van der Waals surface area contributed by atoms with Crippen molar-refractivity contribution in [1.29, 1.82) is 0 Å². The molecule has 0 unspecified atom stereocenters. The summed E-state index contributed by atoms with van der Waals surface area (Å²) in [5, 5.41) is 2.98. The van der Waals surface area contributed by atoms with E-state index in [9.17, 15) is 9.59 Å². The van der Waals surface area contributed by atoms with Gasteiger partial charge in [-0.2, -0.15) is 0 Å². The van der Waals surface area contributed by atoms with Crippen LogP contribution in [0.25, 0.3) is 0 Å². The molecule has 3 fully saturated rings. The van der Waals surface area contributed by atoms with Gasteiger partial charge < -0.3 is 19.9 Å². The lowest BCUT2D eigenvalue weighted by Gasteiger charge is -2.23. The third-order valence-electron chi connectivity index (χ3n) is 5.98. The van der Waals surface area contributed by atoms with E-state index in [0.717, 1.165) is 5.69 Å². The highest BCUT2D eigenvalue weighted by Crippen LogP contribution is 2.34. The van der Waals surface area contributed by atoms with E-state index in [0.29, 0.717) is 32.0 Å². The Hall–Kier alpha value is -2.24. The number of likely N-dealkylation sites (N-methyl/N-ethyl adjacent to an activating group) is 1. The molecule has 140 valence electrons. The Morgan fingerprint density at radius 3 is 2.54 bits per heavy atom. The Morgan fingerprint density at radius 1 is 1.15 bits per heavy atom. The number of ether oxygens (including phenoxy) is 1. The second-order valence-electron chi connectivity index (χ2n) is 7.97. The number of nitrogens with one attached hydrogen (secondary N) is 1. The van der Waals surface area contributed by atoms with Crippen LogP contribution in [-0.2, 0) is 4.74 Å². The maximum absolute atomic E-state index is 12.6. The number of benzene rings is 1. The summed E-state index contributed by atoms with van der Waals surface area (Å²) in [7, 11) is 1.73. The number of likely N-dealkylation sites (tertiary alicyclic amines) is 1. The first-order chi connectivity index (χ1) is 12.5. The second-order valence-corrected chi connectivity index (χ2v) is 7.97. The molecule has 0 bridgehead atoms. The van der Waals surface area contributed by atoms with Gasteiger partial charge in [-0.25, -0.2) is 9.59 Å². The third kappa shape index (κ3) is 3.37. The van der Waals surface area contributed by atoms with E-state index >= 15 is 0 Å². The van der Waals surface area contributed by atoms with Crippen molar-refractivity contribution in [3.63, 3.8) is 0 Å². The maximum atomic E-state index is 12.6. The summed E-state index contributed by atoms with van der Waals surface area (Å²) < 4.78 is 5.50. The number of hydrogen-bond acceptors (Lipinski definition) is 3. The SMILES string of the molecule is CN1C[C@@]2(CCN(C(=O)Nc3ccc(C4CCCCC4)cc3)C2)OC1=O. The highest BCUT2D eigenvalue weighted by molar-refractivity contribution is 5.89. The number of rotatable bonds is 2. The van der Waals surface area contributed by atoms with Crippen molar-refractivity contribution in [2.75, 3.05) is 32.0 Å². The zero-order chi connectivity index (χ0) is 18.1. The zero-order valence-electron chi connectivity index (χ0n) is 15.4. The highest BCUT2D eigenvalue weighted by Gasteiger charge is 2.49. The summed E-state index contributed by atoms with van der Waals surface area (Å²) in [4.78, 5) is 27.5. The average molecular weight is 357 g/mol. The van der Waals surface area contributed by atoms with Gasteiger partial charge in [-0.3, -0.25) is 0 Å². The molecule has 4 rings (SSSR count). The van der Waals surface area contributed by atoms with E-state index in [1.165, 1.54) is 37.7 Å². The number of urea groups is 1. The van der Waals surface area contributed by atoms with Crippen LogP contribution >= 0.6 is 0 Å². The van der Waals surface area contributed by atoms with Crippen molar-refractivity contribution in [1.82, 2.24) is 9.80 Å². The molecule has 2 aliphatic heterocycles. The maximum Gasteiger partial charge on any atom is 0.410 e. The molecule has 6 nitrogen and oxygen atoms in total. The molecule has 1 N–H and O–H groups in total. The Kier molecular flexibility index (Phi) is 4.51. The van der Waals surface area contributed by atoms with E-state index < -0.39 is 5.60 Å². The zero-order valence-corrected chi connectivity index (χ0v) is 15.4. The van der Waals surface area contributed by atoms with Gasteiger partial charge in [-0.15, -0.1) is 0 Å². The monoisotopic (exact) mass is 357 g/mol. The number of nitrogens with zero attached hydrogens (tertiary/aromatic N) is 2. The van der Waals surface area contributed by atoms with Crippen LogP contribution in [0.4, 0.5) is 15.3 Å². The van der Waals surface area contributed by atoms with Crippen molar-refractivity contribution in [3.8, 4) is 0 Å². The number of amides is 3. The molecule has 0 aromatic heterocycles. The molecular formula is C20H27N3O3. The van der Waals surface area contributed by atoms with E-state index in [4.69, 9.17) is 4.74 Å². The van der Waals surface area contributed by atoms with Gasteiger partial charge in [0.2, 0.25) is 0 Å². The molecule has 2 heterocycles. The molecule has 1 aliphatic carbocycles. The standard InChI is InChI=1S/C20H27N3O3/c1-22-13-20(26-19(22)25)11-12-23(14-20)18(24)21-17-9-7-16(8-10-17)15-5-3-2-4-6-15/h7-10,15H,2-6,11-14H2,1H3,(H,21,24)/t20-/m1/s1. The van der Waals surface area contributed by atoms with Crippen LogP contribution < -0.4 is 5.32 Å². The van der Waals surface area contributed by atoms with Crippen LogP contribution in [0.1, 0.15) is 50.0 Å². The predicted octanol–water partition coefficient (Wildman–Crippen LogP) is 3.79. The molecule has 3 aliphatic rings. The normalized spacial score (nSPS) is 26.4. The quantitative estimate of drug-likeness (QED) is 0.876. The molecule has 6 heteroatoms.